The van der Waals surface area contributed by atoms with Crippen LogP contribution in [0, 0.1) is 0 Å². The lowest BCUT2D eigenvalue weighted by atomic mass is 10.2. The van der Waals surface area contributed by atoms with E-state index in [1.165, 1.54) is 6.20 Å². The highest BCUT2D eigenvalue weighted by atomic mass is 16.7. The molecular formula is C19H16N6O6. The van der Waals surface area contributed by atoms with Gasteiger partial charge in [-0.15, -0.1) is 0 Å². The Morgan fingerprint density at radius 3 is 2.90 bits per heavy atom. The number of pyridine rings is 1. The summed E-state index contributed by atoms with van der Waals surface area (Å²) in [6.45, 7) is 0.0652. The molecule has 12 heteroatoms. The molecule has 12 nitrogen and oxygen atoms in total. The molecule has 1 amide bonds. The van der Waals surface area contributed by atoms with Gasteiger partial charge in [-0.05, 0) is 24.3 Å². The summed E-state index contributed by atoms with van der Waals surface area (Å²) in [5, 5.41) is 17.7. The lowest BCUT2D eigenvalue weighted by molar-refractivity contribution is -0.122. The molecule has 1 aliphatic rings. The maximum Gasteiger partial charge on any atom is 0.290 e. The van der Waals surface area contributed by atoms with Crippen molar-refractivity contribution in [2.45, 2.75) is 6.54 Å². The van der Waals surface area contributed by atoms with Gasteiger partial charge in [0.05, 0.1) is 23.8 Å². The number of fused-ring (bicyclic) bond motifs is 2. The third-order valence-corrected chi connectivity index (χ3v) is 4.36. The summed E-state index contributed by atoms with van der Waals surface area (Å²) in [5.41, 5.74) is 2.64. The first-order valence-electron chi connectivity index (χ1n) is 8.95. The van der Waals surface area contributed by atoms with Crippen LogP contribution in [-0.4, -0.2) is 49.2 Å². The molecule has 0 unspecified atom stereocenters. The molecule has 0 atom stereocenters. The highest BCUT2D eigenvalue weighted by Gasteiger charge is 2.17. The smallest absolute Gasteiger partial charge is 0.290 e. The summed E-state index contributed by atoms with van der Waals surface area (Å²) in [6, 6.07) is 7.09. The molecule has 0 fully saturated rings. The van der Waals surface area contributed by atoms with Gasteiger partial charge >= 0.3 is 0 Å². The van der Waals surface area contributed by atoms with Crippen molar-refractivity contribution in [2.24, 2.45) is 7.05 Å². The van der Waals surface area contributed by atoms with Crippen LogP contribution >= 0.6 is 0 Å². The fraction of sp³-hybridized carbons (Fsp3) is 0.158. The lowest BCUT2D eigenvalue weighted by Crippen LogP contribution is -2.23. The molecule has 1 aliphatic heterocycles. The minimum Gasteiger partial charge on any atom is -0.483 e. The van der Waals surface area contributed by atoms with Gasteiger partial charge in [0.1, 0.15) is 5.52 Å². The van der Waals surface area contributed by atoms with Crippen molar-refractivity contribution in [3.8, 4) is 23.0 Å². The summed E-state index contributed by atoms with van der Waals surface area (Å²) in [7, 11) is 1.79. The first-order valence-corrected chi connectivity index (χ1v) is 8.95. The van der Waals surface area contributed by atoms with Crippen LogP contribution in [0.3, 0.4) is 0 Å². The molecule has 3 aromatic heterocycles. The summed E-state index contributed by atoms with van der Waals surface area (Å²) in [5.74, 6) is 1.71. The number of carbonyl (C=O) groups is 2. The molecule has 158 valence electrons. The molecule has 0 bridgehead atoms. The normalized spacial score (nSPS) is 11.6. The van der Waals surface area contributed by atoms with E-state index in [2.05, 4.69) is 25.5 Å². The number of rotatable bonds is 4. The van der Waals surface area contributed by atoms with E-state index in [1.54, 1.807) is 42.2 Å². The maximum absolute atomic E-state index is 12.4. The number of ether oxygens (including phenoxy) is 2. The van der Waals surface area contributed by atoms with Crippen molar-refractivity contribution in [3.63, 3.8) is 0 Å². The molecule has 4 heterocycles. The SMILES string of the molecule is Cn1ncc2ncc(C(=O)NCc3noc(-c4ccc5c(c4)OCO5)n3)cc21.O=CO. The van der Waals surface area contributed by atoms with E-state index >= 15 is 0 Å². The van der Waals surface area contributed by atoms with Gasteiger partial charge < -0.3 is 24.4 Å². The molecule has 1 aromatic carbocycles. The van der Waals surface area contributed by atoms with Crippen LogP contribution in [0.15, 0.2) is 41.2 Å². The van der Waals surface area contributed by atoms with Crippen LogP contribution in [0.25, 0.3) is 22.5 Å². The number of aromatic nitrogens is 5. The van der Waals surface area contributed by atoms with Gasteiger partial charge in [-0.3, -0.25) is 19.3 Å². The Morgan fingerprint density at radius 1 is 1.26 bits per heavy atom. The van der Waals surface area contributed by atoms with Gasteiger partial charge in [-0.2, -0.15) is 10.1 Å². The Labute approximate surface area is 174 Å². The number of hydrogen-bond donors (Lipinski definition) is 2. The van der Waals surface area contributed by atoms with E-state index in [0.29, 0.717) is 34.3 Å². The molecule has 5 rings (SSSR count). The first kappa shape index (κ1) is 19.8. The fourth-order valence-electron chi connectivity index (χ4n) is 2.88. The van der Waals surface area contributed by atoms with Gasteiger partial charge in [0, 0.05) is 18.8 Å². The largest absolute Gasteiger partial charge is 0.483 e. The average Bonchev–Trinajstić information content (AvgIpc) is 3.52. The molecule has 0 radical (unpaired) electrons. The quantitative estimate of drug-likeness (QED) is 0.459. The average molecular weight is 424 g/mol. The van der Waals surface area contributed by atoms with E-state index in [-0.39, 0.29) is 25.7 Å². The van der Waals surface area contributed by atoms with Crippen LogP contribution < -0.4 is 14.8 Å². The van der Waals surface area contributed by atoms with Crippen molar-refractivity contribution < 1.29 is 28.7 Å². The number of nitrogens with zero attached hydrogens (tertiary/aromatic N) is 5. The van der Waals surface area contributed by atoms with Crippen molar-refractivity contribution >= 4 is 23.4 Å². The van der Waals surface area contributed by atoms with Crippen LogP contribution in [0.4, 0.5) is 0 Å². The summed E-state index contributed by atoms with van der Waals surface area (Å²) >= 11 is 0. The third-order valence-electron chi connectivity index (χ3n) is 4.36. The molecule has 2 N–H and O–H groups in total. The predicted octanol–water partition coefficient (Wildman–Crippen LogP) is 1.38. The minimum absolute atomic E-state index is 0.121. The van der Waals surface area contributed by atoms with Crippen LogP contribution in [0.1, 0.15) is 16.2 Å². The number of amides is 1. The number of aryl methyl sites for hydroxylation is 1. The zero-order valence-electron chi connectivity index (χ0n) is 16.2. The van der Waals surface area contributed by atoms with E-state index in [9.17, 15) is 4.79 Å². The second-order valence-electron chi connectivity index (χ2n) is 6.27. The topological polar surface area (TPSA) is 154 Å². The Kier molecular flexibility index (Phi) is 5.43. The Balaban J connectivity index is 0.000000730. The number of benzene rings is 1. The Hall–Kier alpha value is -4.48. The highest BCUT2D eigenvalue weighted by Crippen LogP contribution is 2.35. The van der Waals surface area contributed by atoms with Crippen molar-refractivity contribution in [1.82, 2.24) is 30.2 Å². The number of carboxylic acid groups (broad SMARTS) is 1. The second-order valence-corrected chi connectivity index (χ2v) is 6.27. The molecule has 0 saturated carbocycles. The lowest BCUT2D eigenvalue weighted by Gasteiger charge is -2.03. The highest BCUT2D eigenvalue weighted by molar-refractivity contribution is 5.96. The molecule has 0 spiro atoms. The minimum atomic E-state index is -0.287. The second kappa shape index (κ2) is 8.49. The van der Waals surface area contributed by atoms with Gasteiger partial charge in [0.15, 0.2) is 17.3 Å². The van der Waals surface area contributed by atoms with Crippen LogP contribution in [-0.2, 0) is 18.4 Å². The van der Waals surface area contributed by atoms with Crippen LogP contribution in [0.2, 0.25) is 0 Å². The summed E-state index contributed by atoms with van der Waals surface area (Å²) < 4.78 is 17.6. The molecule has 0 aliphatic carbocycles. The van der Waals surface area contributed by atoms with Crippen molar-refractivity contribution in [2.75, 3.05) is 6.79 Å². The zero-order chi connectivity index (χ0) is 21.8. The first-order chi connectivity index (χ1) is 15.1. The van der Waals surface area contributed by atoms with Crippen molar-refractivity contribution in [3.05, 3.63) is 48.0 Å². The van der Waals surface area contributed by atoms with E-state index in [4.69, 9.17) is 23.9 Å². The van der Waals surface area contributed by atoms with Gasteiger partial charge in [0.2, 0.25) is 6.79 Å². The third kappa shape index (κ3) is 4.12. The van der Waals surface area contributed by atoms with Crippen molar-refractivity contribution in [1.29, 1.82) is 0 Å². The van der Waals surface area contributed by atoms with E-state index in [1.807, 2.05) is 0 Å². The standard InChI is InChI=1S/C18H14N6O4.CH2O2/c1-24-13-4-11(6-19-12(13)7-21-24)17(25)20-8-16-22-18(28-23-16)10-2-3-14-15(5-10)27-9-26-14;2-1-3/h2-7H,8-9H2,1H3,(H,20,25);1H,(H,2,3). The number of carbonyl (C=O) groups excluding carboxylic acids is 1. The molecular weight excluding hydrogens is 408 g/mol. The molecule has 31 heavy (non-hydrogen) atoms. The molecule has 0 saturated heterocycles. The Bertz CT molecular complexity index is 1250. The summed E-state index contributed by atoms with van der Waals surface area (Å²) in [4.78, 5) is 29.3. The Morgan fingerprint density at radius 2 is 2.06 bits per heavy atom. The van der Waals surface area contributed by atoms with Crippen LogP contribution in [0.5, 0.6) is 11.5 Å². The van der Waals surface area contributed by atoms with Gasteiger partial charge in [0.25, 0.3) is 18.3 Å². The number of nitrogens with one attached hydrogen (secondary N) is 1. The fourth-order valence-corrected chi connectivity index (χ4v) is 2.88. The van der Waals surface area contributed by atoms with Gasteiger partial charge in [-0.25, -0.2) is 0 Å². The predicted molar refractivity (Wildman–Crippen MR) is 104 cm³/mol. The van der Waals surface area contributed by atoms with Gasteiger partial charge in [-0.1, -0.05) is 5.16 Å². The monoisotopic (exact) mass is 424 g/mol. The van der Waals surface area contributed by atoms with E-state index < -0.39 is 0 Å². The zero-order valence-corrected chi connectivity index (χ0v) is 16.2. The molecule has 4 aromatic rings. The maximum atomic E-state index is 12.4. The summed E-state index contributed by atoms with van der Waals surface area (Å²) in [6.07, 6.45) is 3.15. The number of hydrogen-bond acceptors (Lipinski definition) is 9. The van der Waals surface area contributed by atoms with E-state index in [0.717, 1.165) is 11.0 Å².